The topological polar surface area (TPSA) is 116 Å². The maximum Gasteiger partial charge on any atom is 0.224 e. The van der Waals surface area contributed by atoms with Gasteiger partial charge in [0.1, 0.15) is 5.75 Å². The summed E-state index contributed by atoms with van der Waals surface area (Å²) in [6.07, 6.45) is -0.109. The number of fused-ring (bicyclic) bond motifs is 1. The van der Waals surface area contributed by atoms with Crippen molar-refractivity contribution in [2.45, 2.75) is 50.0 Å². The molecule has 6 nitrogen and oxygen atoms in total. The van der Waals surface area contributed by atoms with Gasteiger partial charge in [0.15, 0.2) is 0 Å². The quantitative estimate of drug-likeness (QED) is 0.337. The minimum absolute atomic E-state index is 0.123. The number of hydrogen-bond acceptors (Lipinski definition) is 5. The highest BCUT2D eigenvalue weighted by molar-refractivity contribution is 5.80. The molecular weight excluding hydrogens is 428 g/mol. The van der Waals surface area contributed by atoms with E-state index in [0.29, 0.717) is 19.3 Å². The summed E-state index contributed by atoms with van der Waals surface area (Å²) in [5, 5.41) is 34.4. The Balaban J connectivity index is 1.49. The molecule has 0 bridgehead atoms. The van der Waals surface area contributed by atoms with Crippen molar-refractivity contribution in [3.8, 4) is 5.75 Å². The molecule has 1 amide bonds. The lowest BCUT2D eigenvalue weighted by Crippen LogP contribution is -2.43. The van der Waals surface area contributed by atoms with Crippen molar-refractivity contribution in [2.75, 3.05) is 0 Å². The van der Waals surface area contributed by atoms with Gasteiger partial charge >= 0.3 is 0 Å². The van der Waals surface area contributed by atoms with E-state index in [1.54, 1.807) is 18.2 Å². The Morgan fingerprint density at radius 2 is 1.68 bits per heavy atom. The number of phenols is 1. The van der Waals surface area contributed by atoms with Crippen LogP contribution in [0.1, 0.15) is 34.7 Å². The number of aromatic hydroxyl groups is 1. The number of hydrogen-bond donors (Lipinski definition) is 5. The Bertz CT molecular complexity index is 1100. The zero-order valence-electron chi connectivity index (χ0n) is 19.0. The summed E-state index contributed by atoms with van der Waals surface area (Å²) >= 11 is 0. The molecule has 1 aliphatic rings. The molecule has 0 fully saturated rings. The number of carbonyl (C=O) groups excluding carboxylic acids is 1. The van der Waals surface area contributed by atoms with Gasteiger partial charge in [-0.3, -0.25) is 4.79 Å². The third-order valence-corrected chi connectivity index (χ3v) is 6.60. The first kappa shape index (κ1) is 24.0. The van der Waals surface area contributed by atoms with E-state index in [9.17, 15) is 20.1 Å². The normalized spacial score (nSPS) is 19.7. The molecule has 178 valence electrons. The minimum Gasteiger partial charge on any atom is -0.508 e. The third-order valence-electron chi connectivity index (χ3n) is 6.60. The second kappa shape index (κ2) is 10.8. The number of aliphatic hydroxyl groups excluding tert-OH is 2. The van der Waals surface area contributed by atoms with Gasteiger partial charge in [-0.2, -0.15) is 0 Å². The molecule has 0 saturated heterocycles. The lowest BCUT2D eigenvalue weighted by molar-refractivity contribution is -0.127. The van der Waals surface area contributed by atoms with E-state index in [0.717, 1.165) is 22.3 Å². The summed E-state index contributed by atoms with van der Waals surface area (Å²) in [7, 11) is 0. The molecule has 5 atom stereocenters. The molecule has 0 radical (unpaired) electrons. The van der Waals surface area contributed by atoms with Crippen molar-refractivity contribution in [1.82, 2.24) is 5.32 Å². The van der Waals surface area contributed by atoms with E-state index in [4.69, 9.17) is 5.73 Å². The molecule has 3 aromatic rings. The number of aliphatic hydroxyl groups is 2. The zero-order valence-corrected chi connectivity index (χ0v) is 19.0. The van der Waals surface area contributed by atoms with Crippen molar-refractivity contribution in [1.29, 1.82) is 0 Å². The van der Waals surface area contributed by atoms with Crippen LogP contribution in [0.5, 0.6) is 5.75 Å². The second-order valence-corrected chi connectivity index (χ2v) is 9.18. The van der Waals surface area contributed by atoms with Crippen LogP contribution in [-0.4, -0.2) is 39.5 Å². The summed E-state index contributed by atoms with van der Waals surface area (Å²) in [5.41, 5.74) is 10.1. The number of carbonyl (C=O) groups is 1. The van der Waals surface area contributed by atoms with Gasteiger partial charge < -0.3 is 26.4 Å². The van der Waals surface area contributed by atoms with Crippen molar-refractivity contribution in [2.24, 2.45) is 11.7 Å². The van der Waals surface area contributed by atoms with Crippen LogP contribution in [0.3, 0.4) is 0 Å². The van der Waals surface area contributed by atoms with E-state index in [1.807, 2.05) is 60.7 Å². The minimum atomic E-state index is -0.894. The van der Waals surface area contributed by atoms with Gasteiger partial charge in [-0.25, -0.2) is 0 Å². The van der Waals surface area contributed by atoms with Crippen LogP contribution >= 0.6 is 0 Å². The van der Waals surface area contributed by atoms with E-state index >= 15 is 0 Å². The Labute approximate surface area is 200 Å². The first-order chi connectivity index (χ1) is 16.4. The molecule has 0 aromatic heterocycles. The summed E-state index contributed by atoms with van der Waals surface area (Å²) in [4.78, 5) is 13.4. The highest BCUT2D eigenvalue weighted by Crippen LogP contribution is 2.32. The van der Waals surface area contributed by atoms with Crippen LogP contribution in [0.25, 0.3) is 0 Å². The fraction of sp³-hybridized carbons (Fsp3) is 0.321. The van der Waals surface area contributed by atoms with E-state index in [2.05, 4.69) is 5.32 Å². The van der Waals surface area contributed by atoms with Crippen molar-refractivity contribution in [3.63, 3.8) is 0 Å². The number of nitrogens with one attached hydrogen (secondary N) is 1. The Hall–Kier alpha value is -3.19. The second-order valence-electron chi connectivity index (χ2n) is 9.18. The monoisotopic (exact) mass is 460 g/mol. The average molecular weight is 461 g/mol. The molecule has 0 heterocycles. The molecule has 0 aliphatic heterocycles. The maximum atomic E-state index is 13.4. The molecule has 0 unspecified atom stereocenters. The summed E-state index contributed by atoms with van der Waals surface area (Å²) in [5.74, 6) is -0.716. The van der Waals surface area contributed by atoms with Gasteiger partial charge in [0, 0.05) is 18.4 Å². The zero-order chi connectivity index (χ0) is 24.1. The van der Waals surface area contributed by atoms with Crippen LogP contribution in [0.15, 0.2) is 78.9 Å². The smallest absolute Gasteiger partial charge is 0.224 e. The molecule has 34 heavy (non-hydrogen) atoms. The predicted octanol–water partition coefficient (Wildman–Crippen LogP) is 2.65. The largest absolute Gasteiger partial charge is 0.508 e. The Morgan fingerprint density at radius 3 is 2.44 bits per heavy atom. The van der Waals surface area contributed by atoms with E-state index in [1.165, 1.54) is 0 Å². The first-order valence-electron chi connectivity index (χ1n) is 11.7. The lowest BCUT2D eigenvalue weighted by Gasteiger charge is -2.26. The molecule has 4 rings (SSSR count). The fourth-order valence-corrected chi connectivity index (χ4v) is 4.76. The SMILES string of the molecule is N[C@@H](Cc1ccccc1)[C@@H](O)C[C@@H](Cc1cccc(O)c1)C(=O)N[C@H]1c2ccccc2C[C@H]1O. The summed E-state index contributed by atoms with van der Waals surface area (Å²) < 4.78 is 0. The van der Waals surface area contributed by atoms with Crippen molar-refractivity contribution in [3.05, 3.63) is 101 Å². The molecule has 0 saturated carbocycles. The van der Waals surface area contributed by atoms with Gasteiger partial charge in [-0.15, -0.1) is 0 Å². The van der Waals surface area contributed by atoms with Crippen LogP contribution in [0, 0.1) is 5.92 Å². The van der Waals surface area contributed by atoms with Crippen molar-refractivity contribution >= 4 is 5.91 Å². The van der Waals surface area contributed by atoms with Gasteiger partial charge in [0.05, 0.1) is 18.2 Å². The van der Waals surface area contributed by atoms with E-state index in [-0.39, 0.29) is 18.1 Å². The number of nitrogens with two attached hydrogens (primary N) is 1. The Kier molecular flexibility index (Phi) is 7.63. The highest BCUT2D eigenvalue weighted by atomic mass is 16.3. The van der Waals surface area contributed by atoms with Crippen LogP contribution in [0.4, 0.5) is 0 Å². The molecule has 1 aliphatic carbocycles. The Morgan fingerprint density at radius 1 is 0.971 bits per heavy atom. The van der Waals surface area contributed by atoms with Crippen LogP contribution in [0.2, 0.25) is 0 Å². The van der Waals surface area contributed by atoms with Gasteiger partial charge in [-0.05, 0) is 53.6 Å². The molecule has 0 spiro atoms. The predicted molar refractivity (Wildman–Crippen MR) is 131 cm³/mol. The summed E-state index contributed by atoms with van der Waals surface area (Å²) in [6.45, 7) is 0. The average Bonchev–Trinajstić information content (AvgIpc) is 3.14. The maximum absolute atomic E-state index is 13.4. The lowest BCUT2D eigenvalue weighted by atomic mass is 9.88. The highest BCUT2D eigenvalue weighted by Gasteiger charge is 2.34. The third kappa shape index (κ3) is 5.83. The molecule has 6 heteroatoms. The number of rotatable bonds is 9. The number of phenolic OH excluding ortho intramolecular Hbond substituents is 1. The van der Waals surface area contributed by atoms with E-state index < -0.39 is 30.2 Å². The summed E-state index contributed by atoms with van der Waals surface area (Å²) in [6, 6.07) is 23.2. The van der Waals surface area contributed by atoms with Gasteiger partial charge in [0.25, 0.3) is 0 Å². The fourth-order valence-electron chi connectivity index (χ4n) is 4.76. The molecular formula is C28H32N2O4. The van der Waals surface area contributed by atoms with Gasteiger partial charge in [-0.1, -0.05) is 66.7 Å². The van der Waals surface area contributed by atoms with Crippen LogP contribution < -0.4 is 11.1 Å². The first-order valence-corrected chi connectivity index (χ1v) is 11.7. The van der Waals surface area contributed by atoms with Crippen molar-refractivity contribution < 1.29 is 20.1 Å². The standard InChI is InChI=1S/C28H32N2O4/c29-24(15-18-7-2-1-3-8-18)25(32)17-21(13-19-9-6-11-22(31)14-19)28(34)30-27-23-12-5-4-10-20(23)16-26(27)33/h1-12,14,21,24-27,31-33H,13,15-17,29H2,(H,30,34)/t21-,24+,25+,26-,27+/m1/s1. The van der Waals surface area contributed by atoms with Gasteiger partial charge in [0.2, 0.25) is 5.91 Å². The molecule has 6 N–H and O–H groups in total. The van der Waals surface area contributed by atoms with Crippen LogP contribution in [-0.2, 0) is 24.1 Å². The number of benzene rings is 3. The molecule has 3 aromatic carbocycles. The number of amides is 1.